The van der Waals surface area contributed by atoms with E-state index in [0.717, 1.165) is 38.4 Å². The van der Waals surface area contributed by atoms with E-state index in [2.05, 4.69) is 24.3 Å². The summed E-state index contributed by atoms with van der Waals surface area (Å²) in [6.07, 6.45) is -0.139. The van der Waals surface area contributed by atoms with E-state index in [9.17, 15) is 4.79 Å². The Labute approximate surface area is 249 Å². The third-order valence-electron chi connectivity index (χ3n) is 7.37. The average Bonchev–Trinajstić information content (AvgIpc) is 3.51. The molecule has 7 heteroatoms. The number of benzene rings is 3. The number of rotatable bonds is 11. The average molecular weight is 586 g/mol. The van der Waals surface area contributed by atoms with Crippen molar-refractivity contribution in [3.63, 3.8) is 0 Å². The van der Waals surface area contributed by atoms with Crippen LogP contribution in [0.1, 0.15) is 47.9 Å². The van der Waals surface area contributed by atoms with Crippen LogP contribution in [0, 0.1) is 0 Å². The number of halogens is 1. The number of carbonyl (C=O) groups is 1. The van der Waals surface area contributed by atoms with E-state index in [-0.39, 0.29) is 11.9 Å². The smallest absolute Gasteiger partial charge is 0.303 e. The molecule has 0 N–H and O–H groups in total. The molecular formula is C34H32ClNO4S. The zero-order valence-corrected chi connectivity index (χ0v) is 24.8. The number of methoxy groups -OCH3 is 1. The topological polar surface area (TPSA) is 57.7 Å². The van der Waals surface area contributed by atoms with Crippen molar-refractivity contribution in [1.29, 1.82) is 0 Å². The molecule has 0 saturated heterocycles. The minimum absolute atomic E-state index is 0.217. The molecule has 5 nitrogen and oxygen atoms in total. The molecule has 0 fully saturated rings. The van der Waals surface area contributed by atoms with E-state index >= 15 is 0 Å². The van der Waals surface area contributed by atoms with Crippen LogP contribution in [0.5, 0.6) is 5.75 Å². The summed E-state index contributed by atoms with van der Waals surface area (Å²) in [5.74, 6) is 0.185. The van der Waals surface area contributed by atoms with Gasteiger partial charge in [0, 0.05) is 33.8 Å². The first-order chi connectivity index (χ1) is 19.9. The Hall–Kier alpha value is -3.71. The molecule has 0 saturated carbocycles. The fraction of sp³-hybridized carbons (Fsp3) is 0.235. The highest BCUT2D eigenvalue weighted by Gasteiger charge is 2.44. The highest BCUT2D eigenvalue weighted by molar-refractivity contribution is 7.09. The molecule has 0 bridgehead atoms. The Bertz CT molecular complexity index is 1590. The number of hydrogen-bond donors (Lipinski definition) is 0. The summed E-state index contributed by atoms with van der Waals surface area (Å²) in [5, 5.41) is 3.66. The minimum Gasteiger partial charge on any atom is -0.497 e. The number of thiophene rings is 1. The monoisotopic (exact) mass is 585 g/mol. The van der Waals surface area contributed by atoms with E-state index in [1.807, 2.05) is 85.1 Å². The summed E-state index contributed by atoms with van der Waals surface area (Å²) in [6.45, 7) is 3.71. The standard InChI is InChI=1S/C34H32ClNO4S/c1-23(40-24(2)37)34(27-8-5-4-6-9-27,39-22-30-10-7-19-41-30)21-31(25-12-16-29(38-3)17-13-25)32-18-14-26-11-15-28(35)20-33(26)36-32/h4-20,23,31H,21-22H2,1-3H3. The molecule has 0 spiro atoms. The van der Waals surface area contributed by atoms with Crippen LogP contribution in [0.25, 0.3) is 10.9 Å². The molecule has 2 heterocycles. The van der Waals surface area contributed by atoms with E-state index in [4.69, 9.17) is 30.8 Å². The maximum atomic E-state index is 12.3. The lowest BCUT2D eigenvalue weighted by atomic mass is 9.76. The van der Waals surface area contributed by atoms with Gasteiger partial charge in [-0.25, -0.2) is 0 Å². The van der Waals surface area contributed by atoms with Crippen molar-refractivity contribution in [2.75, 3.05) is 7.11 Å². The number of carbonyl (C=O) groups excluding carboxylic acids is 1. The molecule has 2 aromatic heterocycles. The predicted octanol–water partition coefficient (Wildman–Crippen LogP) is 8.54. The molecule has 0 amide bonds. The van der Waals surface area contributed by atoms with Crippen LogP contribution in [-0.2, 0) is 26.5 Å². The van der Waals surface area contributed by atoms with Gasteiger partial charge in [0.15, 0.2) is 0 Å². The summed E-state index contributed by atoms with van der Waals surface area (Å²) in [6, 6.07) is 31.9. The number of hydrogen-bond acceptors (Lipinski definition) is 6. The van der Waals surface area contributed by atoms with E-state index in [1.165, 1.54) is 6.92 Å². The second-order valence-electron chi connectivity index (χ2n) is 9.98. The lowest BCUT2D eigenvalue weighted by molar-refractivity contribution is -0.178. The van der Waals surface area contributed by atoms with Crippen molar-refractivity contribution < 1.29 is 19.0 Å². The highest BCUT2D eigenvalue weighted by Crippen LogP contribution is 2.44. The van der Waals surface area contributed by atoms with Gasteiger partial charge in [-0.3, -0.25) is 9.78 Å². The van der Waals surface area contributed by atoms with Gasteiger partial charge in [-0.2, -0.15) is 0 Å². The molecule has 0 aliphatic rings. The molecule has 3 unspecified atom stereocenters. The van der Waals surface area contributed by atoms with Gasteiger partial charge in [0.05, 0.1) is 19.2 Å². The maximum absolute atomic E-state index is 12.3. The molecular weight excluding hydrogens is 554 g/mol. The zero-order valence-electron chi connectivity index (χ0n) is 23.3. The third kappa shape index (κ3) is 6.62. The molecule has 0 radical (unpaired) electrons. The number of nitrogens with zero attached hydrogens (tertiary/aromatic N) is 1. The van der Waals surface area contributed by atoms with E-state index < -0.39 is 11.7 Å². The van der Waals surface area contributed by atoms with Crippen LogP contribution < -0.4 is 4.74 Å². The van der Waals surface area contributed by atoms with Gasteiger partial charge < -0.3 is 14.2 Å². The molecule has 5 rings (SSSR count). The Morgan fingerprint density at radius 1 is 0.976 bits per heavy atom. The SMILES string of the molecule is COc1ccc(C(CC(OCc2cccs2)(c2ccccc2)C(C)OC(C)=O)c2ccc3ccc(Cl)cc3n2)cc1. The Kier molecular flexibility index (Phi) is 9.03. The molecule has 210 valence electrons. The summed E-state index contributed by atoms with van der Waals surface area (Å²) in [4.78, 5) is 18.5. The summed E-state index contributed by atoms with van der Waals surface area (Å²) in [5.41, 5.74) is 2.64. The predicted molar refractivity (Wildman–Crippen MR) is 165 cm³/mol. The highest BCUT2D eigenvalue weighted by atomic mass is 35.5. The van der Waals surface area contributed by atoms with Gasteiger partial charge >= 0.3 is 5.97 Å². The van der Waals surface area contributed by atoms with Gasteiger partial charge in [-0.05, 0) is 66.2 Å². The normalized spacial score (nSPS) is 14.2. The number of esters is 1. The largest absolute Gasteiger partial charge is 0.497 e. The number of pyridine rings is 1. The first-order valence-corrected chi connectivity index (χ1v) is 14.7. The van der Waals surface area contributed by atoms with Crippen LogP contribution >= 0.6 is 22.9 Å². The maximum Gasteiger partial charge on any atom is 0.303 e. The van der Waals surface area contributed by atoms with Crippen LogP contribution in [0.15, 0.2) is 102 Å². The fourth-order valence-corrected chi connectivity index (χ4v) is 6.05. The first-order valence-electron chi connectivity index (χ1n) is 13.5. The van der Waals surface area contributed by atoms with Crippen molar-refractivity contribution in [2.45, 2.75) is 44.5 Å². The van der Waals surface area contributed by atoms with Crippen LogP contribution in [0.3, 0.4) is 0 Å². The first kappa shape index (κ1) is 28.8. The number of fused-ring (bicyclic) bond motifs is 1. The van der Waals surface area contributed by atoms with Crippen LogP contribution in [0.4, 0.5) is 0 Å². The molecule has 0 aliphatic carbocycles. The van der Waals surface area contributed by atoms with Gasteiger partial charge in [0.2, 0.25) is 0 Å². The lowest BCUT2D eigenvalue weighted by Gasteiger charge is -2.41. The van der Waals surface area contributed by atoms with Crippen LogP contribution in [-0.4, -0.2) is 24.2 Å². The van der Waals surface area contributed by atoms with Crippen LogP contribution in [0.2, 0.25) is 5.02 Å². The second kappa shape index (κ2) is 12.9. The molecule has 3 aromatic carbocycles. The summed E-state index contributed by atoms with van der Waals surface area (Å²) >= 11 is 7.98. The summed E-state index contributed by atoms with van der Waals surface area (Å²) < 4.78 is 18.3. The van der Waals surface area contributed by atoms with E-state index in [1.54, 1.807) is 18.4 Å². The summed E-state index contributed by atoms with van der Waals surface area (Å²) in [7, 11) is 1.65. The number of ether oxygens (including phenoxy) is 3. The van der Waals surface area contributed by atoms with Gasteiger partial charge in [-0.1, -0.05) is 72.3 Å². The van der Waals surface area contributed by atoms with Crippen molar-refractivity contribution in [3.05, 3.63) is 129 Å². The Morgan fingerprint density at radius 2 is 1.73 bits per heavy atom. The van der Waals surface area contributed by atoms with E-state index in [0.29, 0.717) is 18.1 Å². The molecule has 3 atom stereocenters. The molecule has 5 aromatic rings. The quantitative estimate of drug-likeness (QED) is 0.145. The van der Waals surface area contributed by atoms with Gasteiger partial charge in [0.25, 0.3) is 0 Å². The van der Waals surface area contributed by atoms with Crippen molar-refractivity contribution in [2.24, 2.45) is 0 Å². The van der Waals surface area contributed by atoms with Gasteiger partial charge in [0.1, 0.15) is 17.5 Å². The minimum atomic E-state index is -0.994. The van der Waals surface area contributed by atoms with Crippen molar-refractivity contribution >= 4 is 39.8 Å². The number of aromatic nitrogens is 1. The Balaban J connectivity index is 1.68. The Morgan fingerprint density at radius 3 is 2.41 bits per heavy atom. The molecule has 0 aliphatic heterocycles. The third-order valence-corrected chi connectivity index (χ3v) is 8.46. The fourth-order valence-electron chi connectivity index (χ4n) is 5.27. The second-order valence-corrected chi connectivity index (χ2v) is 11.4. The van der Waals surface area contributed by atoms with Crippen molar-refractivity contribution in [1.82, 2.24) is 4.98 Å². The van der Waals surface area contributed by atoms with Gasteiger partial charge in [-0.15, -0.1) is 11.3 Å². The lowest BCUT2D eigenvalue weighted by Crippen LogP contribution is -2.44. The molecule has 41 heavy (non-hydrogen) atoms. The zero-order chi connectivity index (χ0) is 28.8. The van der Waals surface area contributed by atoms with Crippen molar-refractivity contribution in [3.8, 4) is 5.75 Å².